The van der Waals surface area contributed by atoms with Crippen LogP contribution in [0.5, 0.6) is 0 Å². The average molecular weight is 396 g/mol. The van der Waals surface area contributed by atoms with Gasteiger partial charge in [-0.3, -0.25) is 0 Å². The molecule has 0 spiro atoms. The lowest BCUT2D eigenvalue weighted by Gasteiger charge is -2.19. The predicted molar refractivity (Wildman–Crippen MR) is 102 cm³/mol. The second-order valence-electron chi connectivity index (χ2n) is 6.59. The fourth-order valence-electron chi connectivity index (χ4n) is 1.99. The normalized spacial score (nSPS) is 14.2. The van der Waals surface area contributed by atoms with Crippen LogP contribution in [-0.4, -0.2) is 21.6 Å². The molecule has 0 aliphatic heterocycles. The molecule has 0 aromatic heterocycles. The van der Waals surface area contributed by atoms with Gasteiger partial charge < -0.3 is 15.2 Å². The lowest BCUT2D eigenvalue weighted by Crippen LogP contribution is -2.32. The molecule has 1 aromatic rings. The largest absolute Gasteiger partial charge is 0.512 e. The van der Waals surface area contributed by atoms with Gasteiger partial charge in [0.25, 0.3) is 0 Å². The number of carbonyl (C=O) groups excluding carboxylic acids is 1. The SMILES string of the molecule is C/C(O)=C(\C=C/[C@@H](C)Br)c1cccc(CNC(=O)OC(C)(C)C)c1. The van der Waals surface area contributed by atoms with Gasteiger partial charge in [-0.1, -0.05) is 46.3 Å². The number of hydrogen-bond acceptors (Lipinski definition) is 3. The summed E-state index contributed by atoms with van der Waals surface area (Å²) in [6.07, 6.45) is 3.39. The Bertz CT molecular complexity index is 624. The number of alkyl carbamates (subject to hydrolysis) is 1. The summed E-state index contributed by atoms with van der Waals surface area (Å²) >= 11 is 3.45. The van der Waals surface area contributed by atoms with Crippen LogP contribution in [0.4, 0.5) is 4.79 Å². The highest BCUT2D eigenvalue weighted by atomic mass is 79.9. The molecular formula is C19H26BrNO3. The molecule has 0 aliphatic carbocycles. The van der Waals surface area contributed by atoms with Crippen LogP contribution in [-0.2, 0) is 11.3 Å². The van der Waals surface area contributed by atoms with Crippen molar-refractivity contribution in [2.45, 2.75) is 51.6 Å². The van der Waals surface area contributed by atoms with Crippen LogP contribution in [0, 0.1) is 0 Å². The summed E-state index contributed by atoms with van der Waals surface area (Å²) in [6.45, 7) is 9.49. The summed E-state index contributed by atoms with van der Waals surface area (Å²) in [7, 11) is 0. The number of aliphatic hydroxyl groups excluding tert-OH is 1. The summed E-state index contributed by atoms with van der Waals surface area (Å²) in [5, 5.41) is 12.7. The Morgan fingerprint density at radius 3 is 2.62 bits per heavy atom. The topological polar surface area (TPSA) is 58.6 Å². The van der Waals surface area contributed by atoms with Crippen molar-refractivity contribution in [1.82, 2.24) is 5.32 Å². The zero-order chi connectivity index (χ0) is 18.3. The van der Waals surface area contributed by atoms with Crippen LogP contribution < -0.4 is 5.32 Å². The summed E-state index contributed by atoms with van der Waals surface area (Å²) in [6, 6.07) is 7.68. The third kappa shape index (κ3) is 7.68. The van der Waals surface area contributed by atoms with Crippen LogP contribution in [0.3, 0.4) is 0 Å². The van der Waals surface area contributed by atoms with E-state index in [0.717, 1.165) is 16.7 Å². The molecule has 24 heavy (non-hydrogen) atoms. The molecule has 0 unspecified atom stereocenters. The molecule has 1 rings (SSSR count). The van der Waals surface area contributed by atoms with E-state index in [0.29, 0.717) is 6.54 Å². The molecule has 1 aromatic carbocycles. The Balaban J connectivity index is 2.86. The molecule has 1 atom stereocenters. The third-order valence-electron chi connectivity index (χ3n) is 2.99. The van der Waals surface area contributed by atoms with Gasteiger partial charge in [-0.2, -0.15) is 0 Å². The summed E-state index contributed by atoms with van der Waals surface area (Å²) in [5.74, 6) is 0.247. The molecule has 0 fully saturated rings. The fourth-order valence-corrected chi connectivity index (χ4v) is 2.14. The minimum atomic E-state index is -0.521. The first-order valence-electron chi connectivity index (χ1n) is 7.87. The first-order chi connectivity index (χ1) is 11.1. The molecule has 1 amide bonds. The molecule has 0 radical (unpaired) electrons. The number of halogens is 1. The quantitative estimate of drug-likeness (QED) is 0.401. The minimum absolute atomic E-state index is 0.212. The van der Waals surface area contributed by atoms with Crippen molar-refractivity contribution >= 4 is 27.6 Å². The van der Waals surface area contributed by atoms with Crippen LogP contribution in [0.2, 0.25) is 0 Å². The van der Waals surface area contributed by atoms with Crippen LogP contribution in [0.1, 0.15) is 45.7 Å². The fraction of sp³-hybridized carbons (Fsp3) is 0.421. The Hall–Kier alpha value is -1.75. The molecule has 0 saturated heterocycles. The summed E-state index contributed by atoms with van der Waals surface area (Å²) < 4.78 is 5.22. The third-order valence-corrected chi connectivity index (χ3v) is 3.30. The van der Waals surface area contributed by atoms with Gasteiger partial charge in [0, 0.05) is 16.9 Å². The number of rotatable bonds is 5. The number of amides is 1. The van der Waals surface area contributed by atoms with Crippen molar-refractivity contribution in [2.24, 2.45) is 0 Å². The monoisotopic (exact) mass is 395 g/mol. The Kier molecular flexibility index (Phi) is 7.55. The number of hydrogen-bond donors (Lipinski definition) is 2. The average Bonchev–Trinajstić information content (AvgIpc) is 2.43. The zero-order valence-electron chi connectivity index (χ0n) is 14.9. The highest BCUT2D eigenvalue weighted by Gasteiger charge is 2.15. The number of nitrogens with one attached hydrogen (secondary N) is 1. The van der Waals surface area contributed by atoms with E-state index in [-0.39, 0.29) is 10.6 Å². The minimum Gasteiger partial charge on any atom is -0.512 e. The van der Waals surface area contributed by atoms with Crippen molar-refractivity contribution in [3.63, 3.8) is 0 Å². The van der Waals surface area contributed by atoms with Crippen LogP contribution >= 0.6 is 15.9 Å². The lowest BCUT2D eigenvalue weighted by molar-refractivity contribution is 0.0523. The van der Waals surface area contributed by atoms with Crippen molar-refractivity contribution in [2.75, 3.05) is 0 Å². The number of allylic oxidation sites excluding steroid dienone is 4. The van der Waals surface area contributed by atoms with Crippen molar-refractivity contribution in [3.05, 3.63) is 53.3 Å². The standard InChI is InChI=1S/C19H26BrNO3/c1-13(20)9-10-17(14(2)22)16-8-6-7-15(11-16)12-21-18(23)24-19(3,4)5/h6-11,13,22H,12H2,1-5H3,(H,21,23)/b10-9-,17-14-/t13-/m1/s1. The Labute approximate surface area is 152 Å². The van der Waals surface area contributed by atoms with E-state index in [4.69, 9.17) is 4.74 Å². The smallest absolute Gasteiger partial charge is 0.407 e. The molecule has 0 aliphatic rings. The number of alkyl halides is 1. The Morgan fingerprint density at radius 1 is 1.42 bits per heavy atom. The lowest BCUT2D eigenvalue weighted by atomic mass is 10.0. The van der Waals surface area contributed by atoms with Gasteiger partial charge in [-0.05, 0) is 51.8 Å². The van der Waals surface area contributed by atoms with Gasteiger partial charge in [-0.25, -0.2) is 4.79 Å². The van der Waals surface area contributed by atoms with Crippen LogP contribution in [0.15, 0.2) is 42.2 Å². The molecule has 2 N–H and O–H groups in total. The van der Waals surface area contributed by atoms with E-state index in [1.807, 2.05) is 64.1 Å². The summed E-state index contributed by atoms with van der Waals surface area (Å²) in [5.41, 5.74) is 2.05. The number of benzene rings is 1. The first kappa shape index (κ1) is 20.3. The van der Waals surface area contributed by atoms with E-state index >= 15 is 0 Å². The molecule has 5 heteroatoms. The van der Waals surface area contributed by atoms with E-state index in [2.05, 4.69) is 21.2 Å². The highest BCUT2D eigenvalue weighted by molar-refractivity contribution is 9.09. The van der Waals surface area contributed by atoms with E-state index < -0.39 is 11.7 Å². The van der Waals surface area contributed by atoms with Gasteiger partial charge in [0.1, 0.15) is 5.60 Å². The maximum Gasteiger partial charge on any atom is 0.407 e. The number of aliphatic hydroxyl groups is 1. The summed E-state index contributed by atoms with van der Waals surface area (Å²) in [4.78, 5) is 11.9. The van der Waals surface area contributed by atoms with Crippen LogP contribution in [0.25, 0.3) is 5.57 Å². The highest BCUT2D eigenvalue weighted by Crippen LogP contribution is 2.21. The van der Waals surface area contributed by atoms with Gasteiger partial charge in [0.15, 0.2) is 0 Å². The second-order valence-corrected chi connectivity index (χ2v) is 8.04. The van der Waals surface area contributed by atoms with Crippen molar-refractivity contribution in [1.29, 1.82) is 0 Å². The molecule has 4 nitrogen and oxygen atoms in total. The van der Waals surface area contributed by atoms with Gasteiger partial charge in [-0.15, -0.1) is 0 Å². The Morgan fingerprint density at radius 2 is 2.08 bits per heavy atom. The second kappa shape index (κ2) is 8.92. The van der Waals surface area contributed by atoms with Gasteiger partial charge in [0.05, 0.1) is 5.76 Å². The van der Waals surface area contributed by atoms with Crippen molar-refractivity contribution in [3.8, 4) is 0 Å². The van der Waals surface area contributed by atoms with Gasteiger partial charge in [0.2, 0.25) is 0 Å². The van der Waals surface area contributed by atoms with Crippen molar-refractivity contribution < 1.29 is 14.6 Å². The molecule has 0 saturated carbocycles. The predicted octanol–water partition coefficient (Wildman–Crippen LogP) is 5.34. The van der Waals surface area contributed by atoms with E-state index in [1.165, 1.54) is 0 Å². The zero-order valence-corrected chi connectivity index (χ0v) is 16.5. The van der Waals surface area contributed by atoms with E-state index in [1.54, 1.807) is 6.92 Å². The molecule has 132 valence electrons. The van der Waals surface area contributed by atoms with E-state index in [9.17, 15) is 9.90 Å². The van der Waals surface area contributed by atoms with Gasteiger partial charge >= 0.3 is 6.09 Å². The maximum absolute atomic E-state index is 11.7. The first-order valence-corrected chi connectivity index (χ1v) is 8.78. The molecule has 0 heterocycles. The molecule has 0 bridgehead atoms. The molecular weight excluding hydrogens is 370 g/mol. The number of carbonyl (C=O) groups is 1. The number of ether oxygens (including phenoxy) is 1. The maximum atomic E-state index is 11.7.